The van der Waals surface area contributed by atoms with Crippen LogP contribution in [0.2, 0.25) is 9.36 Å². The number of nitrogens with one attached hydrogen (secondary N) is 1. The zero-order chi connectivity index (χ0) is 26.4. The average molecular weight is 584 g/mol. The van der Waals surface area contributed by atoms with Crippen molar-refractivity contribution in [2.75, 3.05) is 24.1 Å². The Morgan fingerprint density at radius 1 is 1.22 bits per heavy atom. The van der Waals surface area contributed by atoms with Gasteiger partial charge in [-0.2, -0.15) is 0 Å². The summed E-state index contributed by atoms with van der Waals surface area (Å²) in [6.07, 6.45) is 1.86. The number of carbonyl (C=O) groups excluding carboxylic acids is 1. The molecule has 0 bridgehead atoms. The summed E-state index contributed by atoms with van der Waals surface area (Å²) in [5.74, 6) is 0.643. The Morgan fingerprint density at radius 3 is 2.76 bits per heavy atom. The highest BCUT2D eigenvalue weighted by atomic mass is 35.5. The van der Waals surface area contributed by atoms with E-state index in [9.17, 15) is 13.6 Å². The van der Waals surface area contributed by atoms with E-state index in [1.54, 1.807) is 19.1 Å². The average Bonchev–Trinajstić information content (AvgIpc) is 3.29. The molecule has 0 radical (unpaired) electrons. The van der Waals surface area contributed by atoms with Crippen LogP contribution in [0.3, 0.4) is 0 Å². The van der Waals surface area contributed by atoms with E-state index in [0.717, 1.165) is 24.0 Å². The molecule has 0 aliphatic heterocycles. The first-order valence-electron chi connectivity index (χ1n) is 11.9. The third-order valence-electron chi connectivity index (χ3n) is 6.21. The summed E-state index contributed by atoms with van der Waals surface area (Å²) >= 11 is 11.3. The predicted molar refractivity (Wildman–Crippen MR) is 150 cm³/mol. The number of carbonyl (C=O) groups is 1. The molecule has 198 valence electrons. The van der Waals surface area contributed by atoms with E-state index in [0.29, 0.717) is 33.1 Å². The summed E-state index contributed by atoms with van der Waals surface area (Å²) < 4.78 is 34.6. The fraction of sp³-hybridized carbons (Fsp3) is 0.346. The lowest BCUT2D eigenvalue weighted by molar-refractivity contribution is 0.144. The number of alkyl carbamates (subject to hydrolysis) is 1. The molecule has 1 aliphatic carbocycles. The Hall–Kier alpha value is -2.30. The SMILES string of the molecule is CCOC(=O)NC1CCc2ccc(OCCN(c3ccc(Cl)s3)S(=O)O)cc2C1Cc1cccc(Cl)c1. The Labute approximate surface area is 233 Å². The van der Waals surface area contributed by atoms with Crippen LogP contribution < -0.4 is 14.4 Å². The molecule has 0 saturated carbocycles. The number of aryl methyl sites for hydroxylation is 1. The molecule has 0 spiro atoms. The van der Waals surface area contributed by atoms with Crippen LogP contribution in [0, 0.1) is 0 Å². The van der Waals surface area contributed by atoms with E-state index in [2.05, 4.69) is 11.4 Å². The summed E-state index contributed by atoms with van der Waals surface area (Å²) in [7, 11) is 0. The second-order valence-electron chi connectivity index (χ2n) is 8.57. The number of amides is 1. The largest absolute Gasteiger partial charge is 0.492 e. The number of fused-ring (bicyclic) bond motifs is 1. The monoisotopic (exact) mass is 582 g/mol. The number of anilines is 1. The van der Waals surface area contributed by atoms with Crippen molar-refractivity contribution in [2.45, 2.75) is 38.1 Å². The van der Waals surface area contributed by atoms with Gasteiger partial charge in [-0.1, -0.05) is 41.4 Å². The molecule has 3 unspecified atom stereocenters. The molecular weight excluding hydrogens is 555 g/mol. The molecule has 2 N–H and O–H groups in total. The maximum atomic E-state index is 12.3. The van der Waals surface area contributed by atoms with Gasteiger partial charge in [-0.05, 0) is 79.3 Å². The van der Waals surface area contributed by atoms with Crippen molar-refractivity contribution in [3.8, 4) is 5.75 Å². The number of benzene rings is 2. The highest BCUT2D eigenvalue weighted by Crippen LogP contribution is 2.37. The predicted octanol–water partition coefficient (Wildman–Crippen LogP) is 6.46. The third kappa shape index (κ3) is 7.39. The number of halogens is 2. The van der Waals surface area contributed by atoms with Crippen LogP contribution in [0.25, 0.3) is 0 Å². The van der Waals surface area contributed by atoms with E-state index in [1.165, 1.54) is 21.2 Å². The zero-order valence-corrected chi connectivity index (χ0v) is 23.3. The van der Waals surface area contributed by atoms with Gasteiger partial charge < -0.3 is 14.8 Å². The minimum absolute atomic E-state index is 0.00937. The minimum atomic E-state index is -2.20. The van der Waals surface area contributed by atoms with Crippen LogP contribution in [0.15, 0.2) is 54.6 Å². The summed E-state index contributed by atoms with van der Waals surface area (Å²) in [5, 5.41) is 4.30. The molecule has 3 atom stereocenters. The van der Waals surface area contributed by atoms with Crippen molar-refractivity contribution in [2.24, 2.45) is 0 Å². The van der Waals surface area contributed by atoms with Gasteiger partial charge in [0.25, 0.3) is 11.3 Å². The second kappa shape index (κ2) is 13.0. The molecule has 1 amide bonds. The first kappa shape index (κ1) is 27.7. The van der Waals surface area contributed by atoms with Crippen LogP contribution in [-0.2, 0) is 28.8 Å². The van der Waals surface area contributed by atoms with Crippen molar-refractivity contribution >= 4 is 56.9 Å². The van der Waals surface area contributed by atoms with E-state index in [1.807, 2.05) is 36.4 Å². The molecule has 0 fully saturated rings. The standard InChI is InChI=1S/C26H28Cl2N2O5S2/c1-2-34-26(31)29-23-9-7-18-6-8-20(16-21(18)22(23)15-17-4-3-5-19(27)14-17)35-13-12-30(37(32)33)25-11-10-24(28)36-25/h3-6,8,10-11,14,16,22-23H,2,7,9,12-13,15H2,1H3,(H,29,31)(H,32,33). The number of rotatable bonds is 10. The molecule has 7 nitrogen and oxygen atoms in total. The Balaban J connectivity index is 1.53. The van der Waals surface area contributed by atoms with Gasteiger partial charge in [0.05, 0.1) is 17.5 Å². The molecule has 37 heavy (non-hydrogen) atoms. The summed E-state index contributed by atoms with van der Waals surface area (Å²) in [6.45, 7) is 2.49. The lowest BCUT2D eigenvalue weighted by Gasteiger charge is -2.34. The van der Waals surface area contributed by atoms with Crippen LogP contribution in [0.5, 0.6) is 5.75 Å². The fourth-order valence-electron chi connectivity index (χ4n) is 4.58. The Kier molecular flexibility index (Phi) is 9.72. The van der Waals surface area contributed by atoms with E-state index >= 15 is 0 Å². The van der Waals surface area contributed by atoms with Gasteiger partial charge in [0, 0.05) is 17.0 Å². The van der Waals surface area contributed by atoms with Gasteiger partial charge in [-0.15, -0.1) is 11.3 Å². The zero-order valence-electron chi connectivity index (χ0n) is 20.2. The minimum Gasteiger partial charge on any atom is -0.492 e. The van der Waals surface area contributed by atoms with Crippen LogP contribution in [0.1, 0.15) is 36.0 Å². The van der Waals surface area contributed by atoms with Gasteiger partial charge in [-0.25, -0.2) is 9.00 Å². The lowest BCUT2D eigenvalue weighted by Crippen LogP contribution is -2.43. The molecule has 11 heteroatoms. The maximum Gasteiger partial charge on any atom is 0.407 e. The Morgan fingerprint density at radius 2 is 2.05 bits per heavy atom. The first-order chi connectivity index (χ1) is 17.8. The highest BCUT2D eigenvalue weighted by Gasteiger charge is 2.32. The summed E-state index contributed by atoms with van der Waals surface area (Å²) in [6, 6.07) is 17.0. The number of hydrogen-bond acceptors (Lipinski definition) is 5. The van der Waals surface area contributed by atoms with Crippen molar-refractivity contribution < 1.29 is 23.0 Å². The smallest absolute Gasteiger partial charge is 0.407 e. The number of hydrogen-bond donors (Lipinski definition) is 2. The van der Waals surface area contributed by atoms with Crippen molar-refractivity contribution in [1.82, 2.24) is 5.32 Å². The number of ether oxygens (including phenoxy) is 2. The van der Waals surface area contributed by atoms with Crippen LogP contribution in [-0.4, -0.2) is 40.7 Å². The topological polar surface area (TPSA) is 88.1 Å². The lowest BCUT2D eigenvalue weighted by atomic mass is 9.76. The summed E-state index contributed by atoms with van der Waals surface area (Å²) in [5.41, 5.74) is 3.37. The summed E-state index contributed by atoms with van der Waals surface area (Å²) in [4.78, 5) is 12.3. The number of nitrogens with zero attached hydrogens (tertiary/aromatic N) is 1. The second-order valence-corrected chi connectivity index (χ2v) is 11.6. The van der Waals surface area contributed by atoms with Gasteiger partial charge >= 0.3 is 6.09 Å². The Bertz CT molecular complexity index is 1260. The molecule has 0 saturated heterocycles. The van der Waals surface area contributed by atoms with Gasteiger partial charge in [0.1, 0.15) is 17.4 Å². The maximum absolute atomic E-state index is 12.3. The van der Waals surface area contributed by atoms with Crippen LogP contribution in [0.4, 0.5) is 9.80 Å². The molecule has 2 aromatic carbocycles. The quantitative estimate of drug-likeness (QED) is 0.268. The van der Waals surface area contributed by atoms with Crippen molar-refractivity contribution in [3.63, 3.8) is 0 Å². The van der Waals surface area contributed by atoms with Gasteiger partial charge in [-0.3, -0.25) is 8.86 Å². The first-order valence-corrected chi connectivity index (χ1v) is 14.5. The normalized spacial score (nSPS) is 17.5. The fourth-order valence-corrected chi connectivity index (χ4v) is 6.51. The van der Waals surface area contributed by atoms with E-state index in [-0.39, 0.29) is 25.1 Å². The van der Waals surface area contributed by atoms with E-state index in [4.69, 9.17) is 32.7 Å². The highest BCUT2D eigenvalue weighted by molar-refractivity contribution is 7.81. The molecule has 4 rings (SSSR count). The molecule has 1 aliphatic rings. The van der Waals surface area contributed by atoms with E-state index < -0.39 is 17.4 Å². The molecular formula is C26H28Cl2N2O5S2. The van der Waals surface area contributed by atoms with Crippen LogP contribution >= 0.6 is 34.5 Å². The van der Waals surface area contributed by atoms with Gasteiger partial charge in [0.2, 0.25) is 0 Å². The molecule has 3 aromatic rings. The van der Waals surface area contributed by atoms with Crippen molar-refractivity contribution in [1.29, 1.82) is 0 Å². The van der Waals surface area contributed by atoms with Crippen molar-refractivity contribution in [3.05, 3.63) is 80.6 Å². The molecule has 1 heterocycles. The number of thiophene rings is 1. The third-order valence-corrected chi connectivity index (χ3v) is 8.57. The van der Waals surface area contributed by atoms with Gasteiger partial charge in [0.15, 0.2) is 0 Å². The molecule has 1 aromatic heterocycles.